The first kappa shape index (κ1) is 13.2. The van der Waals surface area contributed by atoms with E-state index in [4.69, 9.17) is 19.9 Å². The monoisotopic (exact) mass is 278 g/mol. The van der Waals surface area contributed by atoms with Crippen LogP contribution in [0.4, 0.5) is 5.69 Å². The largest absolute Gasteiger partial charge is 0.490 e. The third kappa shape index (κ3) is 2.57. The molecule has 108 valence electrons. The number of ether oxygens (including phenoxy) is 3. The zero-order valence-electron chi connectivity index (χ0n) is 11.2. The van der Waals surface area contributed by atoms with Crippen molar-refractivity contribution >= 4 is 11.6 Å². The molecule has 2 aliphatic heterocycles. The maximum Gasteiger partial charge on any atom is 0.246 e. The Morgan fingerprint density at radius 3 is 2.75 bits per heavy atom. The third-order valence-electron chi connectivity index (χ3n) is 3.51. The zero-order chi connectivity index (χ0) is 14.0. The van der Waals surface area contributed by atoms with Crippen LogP contribution in [0.1, 0.15) is 12.8 Å². The molecule has 0 radical (unpaired) electrons. The van der Waals surface area contributed by atoms with E-state index >= 15 is 0 Å². The number of fused-ring (bicyclic) bond motifs is 1. The highest BCUT2D eigenvalue weighted by molar-refractivity contribution is 5.98. The number of nitrogens with one attached hydrogen (secondary N) is 1. The van der Waals surface area contributed by atoms with Crippen LogP contribution in [-0.4, -0.2) is 37.9 Å². The lowest BCUT2D eigenvalue weighted by atomic mass is 9.99. The van der Waals surface area contributed by atoms with Crippen molar-refractivity contribution in [2.45, 2.75) is 18.4 Å². The highest BCUT2D eigenvalue weighted by Crippen LogP contribution is 2.32. The molecule has 0 saturated carbocycles. The van der Waals surface area contributed by atoms with Gasteiger partial charge in [-0.3, -0.25) is 4.79 Å². The van der Waals surface area contributed by atoms with E-state index in [0.717, 1.165) is 6.42 Å². The predicted octanol–water partition coefficient (Wildman–Crippen LogP) is 0.904. The molecule has 2 aliphatic rings. The minimum absolute atomic E-state index is 0.232. The van der Waals surface area contributed by atoms with E-state index in [1.54, 1.807) is 18.2 Å². The Bertz CT molecular complexity index is 512. The lowest BCUT2D eigenvalue weighted by Crippen LogP contribution is -2.51. The van der Waals surface area contributed by atoms with Crippen molar-refractivity contribution in [3.63, 3.8) is 0 Å². The van der Waals surface area contributed by atoms with E-state index in [9.17, 15) is 4.79 Å². The van der Waals surface area contributed by atoms with Crippen LogP contribution in [0.2, 0.25) is 0 Å². The van der Waals surface area contributed by atoms with E-state index in [1.807, 2.05) is 0 Å². The molecular weight excluding hydrogens is 260 g/mol. The lowest BCUT2D eigenvalue weighted by molar-refractivity contribution is -0.121. The Kier molecular flexibility index (Phi) is 3.50. The standard InChI is InChI=1S/C14H18N2O4/c15-14(4-7-18-9-14)13(17)16-10-2-3-11-12(8-10)20-6-1-5-19-11/h2-3,8H,1,4-7,9,15H2,(H,16,17). The molecule has 0 aromatic heterocycles. The number of rotatable bonds is 2. The van der Waals surface area contributed by atoms with Gasteiger partial charge in [0.15, 0.2) is 11.5 Å². The SMILES string of the molecule is NC1(C(=O)Nc2ccc3c(c2)OCCCO3)CCOC1. The van der Waals surface area contributed by atoms with Gasteiger partial charge in [-0.15, -0.1) is 0 Å². The lowest BCUT2D eigenvalue weighted by Gasteiger charge is -2.21. The van der Waals surface area contributed by atoms with Gasteiger partial charge >= 0.3 is 0 Å². The summed E-state index contributed by atoms with van der Waals surface area (Å²) in [5.41, 5.74) is 5.73. The summed E-state index contributed by atoms with van der Waals surface area (Å²) in [7, 11) is 0. The summed E-state index contributed by atoms with van der Waals surface area (Å²) in [5, 5.41) is 2.82. The minimum atomic E-state index is -0.940. The maximum atomic E-state index is 12.2. The molecule has 1 unspecified atom stereocenters. The van der Waals surface area contributed by atoms with Crippen LogP contribution in [0, 0.1) is 0 Å². The van der Waals surface area contributed by atoms with E-state index in [2.05, 4.69) is 5.32 Å². The molecule has 6 nitrogen and oxygen atoms in total. The van der Waals surface area contributed by atoms with Gasteiger partial charge in [0.25, 0.3) is 0 Å². The number of anilines is 1. The topological polar surface area (TPSA) is 82.8 Å². The van der Waals surface area contributed by atoms with Crippen LogP contribution < -0.4 is 20.5 Å². The van der Waals surface area contributed by atoms with Crippen molar-refractivity contribution < 1.29 is 19.0 Å². The smallest absolute Gasteiger partial charge is 0.246 e. The number of carbonyl (C=O) groups is 1. The van der Waals surface area contributed by atoms with E-state index in [0.29, 0.717) is 43.4 Å². The van der Waals surface area contributed by atoms with Crippen LogP contribution in [0.3, 0.4) is 0 Å². The summed E-state index contributed by atoms with van der Waals surface area (Å²) in [6, 6.07) is 5.34. The van der Waals surface area contributed by atoms with Gasteiger partial charge in [-0.25, -0.2) is 0 Å². The van der Waals surface area contributed by atoms with Gasteiger partial charge in [-0.2, -0.15) is 0 Å². The average Bonchev–Trinajstić information content (AvgIpc) is 2.76. The summed E-state index contributed by atoms with van der Waals surface area (Å²) in [4.78, 5) is 12.2. The average molecular weight is 278 g/mol. The molecule has 3 N–H and O–H groups in total. The summed E-state index contributed by atoms with van der Waals surface area (Å²) in [6.45, 7) is 2.02. The fraction of sp³-hybridized carbons (Fsp3) is 0.500. The van der Waals surface area contributed by atoms with Crippen LogP contribution in [0.25, 0.3) is 0 Å². The summed E-state index contributed by atoms with van der Waals surface area (Å²) < 4.78 is 16.3. The third-order valence-corrected chi connectivity index (χ3v) is 3.51. The second kappa shape index (κ2) is 5.30. The van der Waals surface area contributed by atoms with Gasteiger partial charge in [0.05, 0.1) is 19.8 Å². The molecule has 1 saturated heterocycles. The molecule has 0 bridgehead atoms. The van der Waals surface area contributed by atoms with Crippen molar-refractivity contribution in [1.29, 1.82) is 0 Å². The second-order valence-electron chi connectivity index (χ2n) is 5.12. The van der Waals surface area contributed by atoms with Gasteiger partial charge in [-0.1, -0.05) is 0 Å². The number of benzene rings is 1. The second-order valence-corrected chi connectivity index (χ2v) is 5.12. The van der Waals surface area contributed by atoms with E-state index in [1.165, 1.54) is 0 Å². The minimum Gasteiger partial charge on any atom is -0.490 e. The molecule has 1 aromatic carbocycles. The Balaban J connectivity index is 1.74. The number of amides is 1. The molecule has 1 fully saturated rings. The van der Waals surface area contributed by atoms with Crippen molar-refractivity contribution in [2.75, 3.05) is 31.7 Å². The van der Waals surface area contributed by atoms with Gasteiger partial charge in [0.1, 0.15) is 5.54 Å². The van der Waals surface area contributed by atoms with Crippen LogP contribution >= 0.6 is 0 Å². The Hall–Kier alpha value is -1.79. The van der Waals surface area contributed by atoms with Crippen molar-refractivity contribution in [3.8, 4) is 11.5 Å². The summed E-state index contributed by atoms with van der Waals surface area (Å²) in [6.07, 6.45) is 1.38. The maximum absolute atomic E-state index is 12.2. The molecule has 0 aliphatic carbocycles. The summed E-state index contributed by atoms with van der Waals surface area (Å²) in [5.74, 6) is 1.12. The molecule has 1 atom stereocenters. The van der Waals surface area contributed by atoms with Crippen molar-refractivity contribution in [1.82, 2.24) is 0 Å². The van der Waals surface area contributed by atoms with E-state index < -0.39 is 5.54 Å². The zero-order valence-corrected chi connectivity index (χ0v) is 11.2. The molecule has 0 spiro atoms. The van der Waals surface area contributed by atoms with Gasteiger partial charge in [0, 0.05) is 24.8 Å². The fourth-order valence-corrected chi connectivity index (χ4v) is 2.26. The molecule has 6 heteroatoms. The summed E-state index contributed by atoms with van der Waals surface area (Å²) >= 11 is 0. The number of hydrogen-bond acceptors (Lipinski definition) is 5. The van der Waals surface area contributed by atoms with Crippen LogP contribution in [0.5, 0.6) is 11.5 Å². The quantitative estimate of drug-likeness (QED) is 0.840. The fourth-order valence-electron chi connectivity index (χ4n) is 2.26. The van der Waals surface area contributed by atoms with Crippen molar-refractivity contribution in [2.24, 2.45) is 5.73 Å². The number of hydrogen-bond donors (Lipinski definition) is 2. The van der Waals surface area contributed by atoms with Gasteiger partial charge in [0.2, 0.25) is 5.91 Å². The normalized spacial score (nSPS) is 25.1. The van der Waals surface area contributed by atoms with Crippen molar-refractivity contribution in [3.05, 3.63) is 18.2 Å². The molecule has 1 aromatic rings. The van der Waals surface area contributed by atoms with Gasteiger partial charge < -0.3 is 25.3 Å². The van der Waals surface area contributed by atoms with E-state index in [-0.39, 0.29) is 12.5 Å². The number of carbonyl (C=O) groups excluding carboxylic acids is 1. The Morgan fingerprint density at radius 1 is 1.20 bits per heavy atom. The molecule has 3 rings (SSSR count). The molecule has 1 amide bonds. The van der Waals surface area contributed by atoms with Gasteiger partial charge in [-0.05, 0) is 18.6 Å². The highest BCUT2D eigenvalue weighted by Gasteiger charge is 2.38. The Labute approximate surface area is 117 Å². The molecule has 2 heterocycles. The molecular formula is C14H18N2O4. The first-order valence-electron chi connectivity index (χ1n) is 6.75. The predicted molar refractivity (Wildman–Crippen MR) is 73.0 cm³/mol. The first-order valence-corrected chi connectivity index (χ1v) is 6.75. The molecule has 20 heavy (non-hydrogen) atoms. The van der Waals surface area contributed by atoms with Crippen LogP contribution in [-0.2, 0) is 9.53 Å². The Morgan fingerprint density at radius 2 is 2.00 bits per heavy atom. The van der Waals surface area contributed by atoms with Crippen LogP contribution in [0.15, 0.2) is 18.2 Å². The number of nitrogens with two attached hydrogens (primary N) is 1. The highest BCUT2D eigenvalue weighted by atomic mass is 16.5. The first-order chi connectivity index (χ1) is 9.67.